The SMILES string of the molecule is CC(=O)N1CCN(C2CN(CCNS(C)(=O)=O)CC2C)CC1. The quantitative estimate of drug-likeness (QED) is 0.701. The molecule has 0 saturated carbocycles. The van der Waals surface area contributed by atoms with Crippen molar-refractivity contribution in [2.45, 2.75) is 19.9 Å². The molecule has 0 aliphatic carbocycles. The van der Waals surface area contributed by atoms with Crippen LogP contribution in [0.5, 0.6) is 0 Å². The van der Waals surface area contributed by atoms with E-state index in [2.05, 4.69) is 21.4 Å². The molecule has 0 radical (unpaired) electrons. The molecule has 2 rings (SSSR count). The van der Waals surface area contributed by atoms with Crippen LogP contribution < -0.4 is 4.72 Å². The van der Waals surface area contributed by atoms with E-state index in [4.69, 9.17) is 0 Å². The highest BCUT2D eigenvalue weighted by atomic mass is 32.2. The normalized spacial score (nSPS) is 28.2. The highest BCUT2D eigenvalue weighted by molar-refractivity contribution is 7.88. The van der Waals surface area contributed by atoms with E-state index >= 15 is 0 Å². The van der Waals surface area contributed by atoms with Crippen LogP contribution in [0.25, 0.3) is 0 Å². The molecule has 22 heavy (non-hydrogen) atoms. The molecule has 2 heterocycles. The Labute approximate surface area is 133 Å². The molecule has 128 valence electrons. The van der Waals surface area contributed by atoms with Crippen molar-refractivity contribution < 1.29 is 13.2 Å². The Morgan fingerprint density at radius 3 is 2.36 bits per heavy atom. The summed E-state index contributed by atoms with van der Waals surface area (Å²) in [6.45, 7) is 10.6. The van der Waals surface area contributed by atoms with Crippen LogP contribution in [-0.4, -0.2) is 93.7 Å². The maximum Gasteiger partial charge on any atom is 0.219 e. The summed E-state index contributed by atoms with van der Waals surface area (Å²) in [5.41, 5.74) is 0. The maximum absolute atomic E-state index is 11.4. The molecule has 2 fully saturated rings. The largest absolute Gasteiger partial charge is 0.340 e. The number of rotatable bonds is 5. The second-order valence-electron chi connectivity index (χ2n) is 6.51. The molecular weight excluding hydrogens is 304 g/mol. The summed E-state index contributed by atoms with van der Waals surface area (Å²) in [6, 6.07) is 0.507. The first kappa shape index (κ1) is 17.7. The zero-order chi connectivity index (χ0) is 16.3. The zero-order valence-corrected chi connectivity index (χ0v) is 14.6. The van der Waals surface area contributed by atoms with Crippen molar-refractivity contribution in [1.82, 2.24) is 19.4 Å². The maximum atomic E-state index is 11.4. The van der Waals surface area contributed by atoms with Gasteiger partial charge in [0.25, 0.3) is 0 Å². The lowest BCUT2D eigenvalue weighted by molar-refractivity contribution is -0.130. The Morgan fingerprint density at radius 1 is 1.18 bits per heavy atom. The van der Waals surface area contributed by atoms with Crippen LogP contribution in [0.15, 0.2) is 0 Å². The summed E-state index contributed by atoms with van der Waals surface area (Å²) in [5.74, 6) is 0.731. The molecule has 2 unspecified atom stereocenters. The summed E-state index contributed by atoms with van der Waals surface area (Å²) >= 11 is 0. The number of hydrogen-bond acceptors (Lipinski definition) is 5. The third-order valence-electron chi connectivity index (χ3n) is 4.67. The van der Waals surface area contributed by atoms with Gasteiger partial charge in [0.05, 0.1) is 6.26 Å². The Morgan fingerprint density at radius 2 is 1.82 bits per heavy atom. The molecule has 0 spiro atoms. The van der Waals surface area contributed by atoms with Gasteiger partial charge in [0.2, 0.25) is 15.9 Å². The van der Waals surface area contributed by atoms with Crippen LogP contribution in [0.1, 0.15) is 13.8 Å². The number of amides is 1. The van der Waals surface area contributed by atoms with E-state index in [9.17, 15) is 13.2 Å². The molecule has 0 aromatic heterocycles. The number of nitrogens with one attached hydrogen (secondary N) is 1. The Bertz CT molecular complexity index is 488. The number of carbonyl (C=O) groups is 1. The van der Waals surface area contributed by atoms with Crippen molar-refractivity contribution >= 4 is 15.9 Å². The van der Waals surface area contributed by atoms with Crippen molar-refractivity contribution in [3.05, 3.63) is 0 Å². The van der Waals surface area contributed by atoms with Crippen LogP contribution in [-0.2, 0) is 14.8 Å². The third kappa shape index (κ3) is 4.91. The Hall–Kier alpha value is -0.700. The van der Waals surface area contributed by atoms with Gasteiger partial charge in [0.15, 0.2) is 0 Å². The van der Waals surface area contributed by atoms with Crippen LogP contribution >= 0.6 is 0 Å². The highest BCUT2D eigenvalue weighted by Gasteiger charge is 2.35. The molecule has 8 heteroatoms. The Kier molecular flexibility index (Phi) is 5.81. The van der Waals surface area contributed by atoms with Gasteiger partial charge in [-0.3, -0.25) is 9.69 Å². The fourth-order valence-corrected chi connectivity index (χ4v) is 3.93. The molecule has 7 nitrogen and oxygen atoms in total. The Balaban J connectivity index is 1.78. The van der Waals surface area contributed by atoms with Crippen LogP contribution in [0, 0.1) is 5.92 Å². The average molecular weight is 332 g/mol. The molecule has 2 aliphatic rings. The van der Waals surface area contributed by atoms with E-state index < -0.39 is 10.0 Å². The molecule has 0 aromatic carbocycles. The number of carbonyl (C=O) groups excluding carboxylic acids is 1. The first-order valence-corrected chi connectivity index (χ1v) is 9.82. The van der Waals surface area contributed by atoms with Crippen molar-refractivity contribution in [2.24, 2.45) is 5.92 Å². The van der Waals surface area contributed by atoms with Gasteiger partial charge >= 0.3 is 0 Å². The van der Waals surface area contributed by atoms with Gasteiger partial charge in [0.1, 0.15) is 0 Å². The van der Waals surface area contributed by atoms with Crippen molar-refractivity contribution in [3.8, 4) is 0 Å². The second kappa shape index (κ2) is 7.25. The van der Waals surface area contributed by atoms with Gasteiger partial charge in [-0.2, -0.15) is 0 Å². The van der Waals surface area contributed by atoms with E-state index in [1.807, 2.05) is 4.90 Å². The van der Waals surface area contributed by atoms with Gasteiger partial charge in [0, 0.05) is 65.3 Å². The van der Waals surface area contributed by atoms with Gasteiger partial charge < -0.3 is 9.80 Å². The fourth-order valence-electron chi connectivity index (χ4n) is 3.46. The minimum atomic E-state index is -3.10. The van der Waals surface area contributed by atoms with Crippen molar-refractivity contribution in [2.75, 3.05) is 58.6 Å². The molecular formula is C14H28N4O3S. The van der Waals surface area contributed by atoms with Crippen LogP contribution in [0.4, 0.5) is 0 Å². The van der Waals surface area contributed by atoms with Gasteiger partial charge in [-0.05, 0) is 5.92 Å². The van der Waals surface area contributed by atoms with E-state index in [-0.39, 0.29) is 5.91 Å². The molecule has 2 atom stereocenters. The summed E-state index contributed by atoms with van der Waals surface area (Å²) in [7, 11) is -3.10. The monoisotopic (exact) mass is 332 g/mol. The van der Waals surface area contributed by atoms with Crippen LogP contribution in [0.2, 0.25) is 0 Å². The summed E-state index contributed by atoms with van der Waals surface area (Å²) in [5, 5.41) is 0. The number of nitrogens with zero attached hydrogens (tertiary/aromatic N) is 3. The lowest BCUT2D eigenvalue weighted by atomic mass is 10.0. The average Bonchev–Trinajstić information content (AvgIpc) is 2.78. The van der Waals surface area contributed by atoms with E-state index in [1.165, 1.54) is 6.26 Å². The second-order valence-corrected chi connectivity index (χ2v) is 8.35. The number of sulfonamides is 1. The number of piperazine rings is 1. The molecule has 1 amide bonds. The highest BCUT2D eigenvalue weighted by Crippen LogP contribution is 2.22. The topological polar surface area (TPSA) is 73.0 Å². The van der Waals surface area contributed by atoms with Crippen molar-refractivity contribution in [1.29, 1.82) is 0 Å². The first-order valence-electron chi connectivity index (χ1n) is 7.93. The van der Waals surface area contributed by atoms with E-state index in [0.29, 0.717) is 18.5 Å². The van der Waals surface area contributed by atoms with Crippen LogP contribution in [0.3, 0.4) is 0 Å². The van der Waals surface area contributed by atoms with Gasteiger partial charge in [-0.1, -0.05) is 6.92 Å². The predicted octanol–water partition coefficient (Wildman–Crippen LogP) is -0.980. The standard InChI is InChI=1S/C14H28N4O3S/c1-12-10-16(5-4-15-22(3,20)21)11-14(12)18-8-6-17(7-9-18)13(2)19/h12,14-15H,4-11H2,1-3H3. The first-order chi connectivity index (χ1) is 10.3. The van der Waals surface area contributed by atoms with Gasteiger partial charge in [-0.15, -0.1) is 0 Å². The van der Waals surface area contributed by atoms with E-state index in [1.54, 1.807) is 6.92 Å². The number of hydrogen-bond donors (Lipinski definition) is 1. The summed E-state index contributed by atoms with van der Waals surface area (Å²) in [6.07, 6.45) is 1.19. The minimum absolute atomic E-state index is 0.160. The molecule has 1 N–H and O–H groups in total. The third-order valence-corrected chi connectivity index (χ3v) is 5.40. The fraction of sp³-hybridized carbons (Fsp3) is 0.929. The lowest BCUT2D eigenvalue weighted by Crippen LogP contribution is -2.53. The minimum Gasteiger partial charge on any atom is -0.340 e. The summed E-state index contributed by atoms with van der Waals surface area (Å²) in [4.78, 5) is 18.1. The van der Waals surface area contributed by atoms with Gasteiger partial charge in [-0.25, -0.2) is 13.1 Å². The van der Waals surface area contributed by atoms with Crippen molar-refractivity contribution in [3.63, 3.8) is 0 Å². The zero-order valence-electron chi connectivity index (χ0n) is 13.8. The summed E-state index contributed by atoms with van der Waals surface area (Å²) < 4.78 is 24.7. The van der Waals surface area contributed by atoms with E-state index in [0.717, 1.165) is 45.8 Å². The predicted molar refractivity (Wildman–Crippen MR) is 86.1 cm³/mol. The molecule has 2 saturated heterocycles. The lowest BCUT2D eigenvalue weighted by Gasteiger charge is -2.39. The number of likely N-dealkylation sites (tertiary alicyclic amines) is 1. The smallest absolute Gasteiger partial charge is 0.219 e. The molecule has 0 aromatic rings. The molecule has 0 bridgehead atoms. The molecule has 2 aliphatic heterocycles.